The predicted molar refractivity (Wildman–Crippen MR) is 149 cm³/mol. The molecule has 0 bridgehead atoms. The number of ether oxygens (including phenoxy) is 2. The van der Waals surface area contributed by atoms with Crippen molar-refractivity contribution in [1.82, 2.24) is 34.5 Å². The SMILES string of the molecule is CCOC(=O)Cn1cc(COc2ccc3nc(N4CC(c5cnc(Nc6cnn(C)c6)c(C(N)=O)n5)C4)oc3c2)cn1. The van der Waals surface area contributed by atoms with Gasteiger partial charge in [0, 0.05) is 50.1 Å². The Labute approximate surface area is 239 Å². The number of carbonyl (C=O) groups is 2. The van der Waals surface area contributed by atoms with Crippen LogP contribution in [0.3, 0.4) is 0 Å². The van der Waals surface area contributed by atoms with E-state index in [0.717, 1.165) is 5.56 Å². The molecule has 5 heterocycles. The number of fused-ring (bicyclic) bond motifs is 1. The van der Waals surface area contributed by atoms with Crippen LogP contribution in [0.1, 0.15) is 34.6 Å². The summed E-state index contributed by atoms with van der Waals surface area (Å²) in [6.45, 7) is 3.59. The second-order valence-electron chi connectivity index (χ2n) is 9.75. The normalized spacial score (nSPS) is 13.2. The van der Waals surface area contributed by atoms with Gasteiger partial charge < -0.3 is 29.8 Å². The quantitative estimate of drug-likeness (QED) is 0.220. The van der Waals surface area contributed by atoms with E-state index < -0.39 is 5.91 Å². The number of aromatic nitrogens is 7. The number of primary amides is 1. The summed E-state index contributed by atoms with van der Waals surface area (Å²) in [6, 6.07) is 5.91. The van der Waals surface area contributed by atoms with E-state index in [2.05, 4.69) is 30.5 Å². The maximum absolute atomic E-state index is 12.1. The number of hydrogen-bond acceptors (Lipinski definition) is 12. The topological polar surface area (TPSA) is 181 Å². The molecular formula is C27H28N10O5. The number of anilines is 3. The standard InChI is InChI=1S/C27H28N10O5/c1-3-40-23(38)14-37-10-16(7-31-37)15-41-19-4-5-20-22(6-19)42-27(34-20)36-11-17(12-36)21-9-29-26(24(33-21)25(28)39)32-18-8-30-35(2)13-18/h4-10,13,17H,3,11-12,14-15H2,1-2H3,(H2,28,39)(H,29,32). The van der Waals surface area contributed by atoms with Gasteiger partial charge in [0.15, 0.2) is 17.1 Å². The van der Waals surface area contributed by atoms with E-state index in [9.17, 15) is 9.59 Å². The smallest absolute Gasteiger partial charge is 0.327 e. The summed E-state index contributed by atoms with van der Waals surface area (Å²) in [4.78, 5) is 39.2. The minimum atomic E-state index is -0.672. The van der Waals surface area contributed by atoms with Gasteiger partial charge in [-0.25, -0.2) is 9.97 Å². The molecule has 15 heteroatoms. The summed E-state index contributed by atoms with van der Waals surface area (Å²) in [6.07, 6.45) is 8.40. The van der Waals surface area contributed by atoms with Gasteiger partial charge in [-0.2, -0.15) is 15.2 Å². The number of benzene rings is 1. The lowest BCUT2D eigenvalue weighted by atomic mass is 9.97. The van der Waals surface area contributed by atoms with E-state index in [1.807, 2.05) is 17.0 Å². The maximum atomic E-state index is 12.1. The third-order valence-electron chi connectivity index (χ3n) is 6.60. The summed E-state index contributed by atoms with van der Waals surface area (Å²) >= 11 is 0. The molecule has 6 rings (SSSR count). The number of oxazole rings is 1. The average molecular weight is 573 g/mol. The van der Waals surface area contributed by atoms with Crippen LogP contribution in [0, 0.1) is 0 Å². The molecule has 1 saturated heterocycles. The number of esters is 1. The van der Waals surface area contributed by atoms with Gasteiger partial charge >= 0.3 is 5.97 Å². The first-order valence-electron chi connectivity index (χ1n) is 13.2. The van der Waals surface area contributed by atoms with Crippen molar-refractivity contribution in [3.05, 3.63) is 66.1 Å². The lowest BCUT2D eigenvalue weighted by Gasteiger charge is -2.37. The number of carbonyl (C=O) groups excluding carboxylic acids is 2. The van der Waals surface area contributed by atoms with Crippen molar-refractivity contribution >= 4 is 40.5 Å². The number of nitrogens with zero attached hydrogens (tertiary/aromatic N) is 8. The van der Waals surface area contributed by atoms with Gasteiger partial charge in [0.1, 0.15) is 24.4 Å². The molecule has 0 saturated carbocycles. The molecule has 1 aliphatic rings. The van der Waals surface area contributed by atoms with Crippen molar-refractivity contribution in [2.75, 3.05) is 29.9 Å². The third kappa shape index (κ3) is 5.70. The van der Waals surface area contributed by atoms with Crippen molar-refractivity contribution in [2.24, 2.45) is 12.8 Å². The van der Waals surface area contributed by atoms with Crippen LogP contribution in [0.5, 0.6) is 5.75 Å². The van der Waals surface area contributed by atoms with Crippen LogP contribution in [-0.2, 0) is 29.7 Å². The molecule has 1 aromatic carbocycles. The highest BCUT2D eigenvalue weighted by atomic mass is 16.5. The second kappa shape index (κ2) is 11.2. The first-order chi connectivity index (χ1) is 20.3. The van der Waals surface area contributed by atoms with Crippen molar-refractivity contribution in [1.29, 1.82) is 0 Å². The fourth-order valence-corrected chi connectivity index (χ4v) is 4.50. The lowest BCUT2D eigenvalue weighted by Crippen LogP contribution is -2.45. The Morgan fingerprint density at radius 2 is 2.00 bits per heavy atom. The fraction of sp³-hybridized carbons (Fsp3) is 0.296. The van der Waals surface area contributed by atoms with E-state index in [4.69, 9.17) is 19.6 Å². The summed E-state index contributed by atoms with van der Waals surface area (Å²) < 4.78 is 20.0. The van der Waals surface area contributed by atoms with Crippen LogP contribution in [0.4, 0.5) is 17.5 Å². The van der Waals surface area contributed by atoms with Crippen molar-refractivity contribution in [3.8, 4) is 5.75 Å². The number of aryl methyl sites for hydroxylation is 1. The van der Waals surface area contributed by atoms with Gasteiger partial charge in [-0.05, 0) is 19.1 Å². The second-order valence-corrected chi connectivity index (χ2v) is 9.75. The number of nitrogens with one attached hydrogen (secondary N) is 1. The Bertz CT molecular complexity index is 1750. The van der Waals surface area contributed by atoms with Crippen LogP contribution >= 0.6 is 0 Å². The lowest BCUT2D eigenvalue weighted by molar-refractivity contribution is -0.144. The number of rotatable bonds is 11. The van der Waals surface area contributed by atoms with Crippen LogP contribution in [-0.4, -0.2) is 66.1 Å². The summed E-state index contributed by atoms with van der Waals surface area (Å²) in [5.41, 5.74) is 9.09. The van der Waals surface area contributed by atoms with Gasteiger partial charge in [-0.1, -0.05) is 0 Å². The molecule has 216 valence electrons. The molecule has 0 spiro atoms. The minimum Gasteiger partial charge on any atom is -0.489 e. The molecule has 1 fully saturated rings. The monoisotopic (exact) mass is 572 g/mol. The highest BCUT2D eigenvalue weighted by molar-refractivity contribution is 5.96. The molecular weight excluding hydrogens is 544 g/mol. The Hall–Kier alpha value is -5.47. The van der Waals surface area contributed by atoms with E-state index >= 15 is 0 Å². The highest BCUT2D eigenvalue weighted by Crippen LogP contribution is 2.33. The molecule has 0 atom stereocenters. The zero-order chi connectivity index (χ0) is 29.2. The Kier molecular flexibility index (Phi) is 7.12. The molecule has 4 aromatic heterocycles. The van der Waals surface area contributed by atoms with Gasteiger partial charge in [0.25, 0.3) is 11.9 Å². The average Bonchev–Trinajstić information content (AvgIpc) is 3.67. The molecule has 1 amide bonds. The summed E-state index contributed by atoms with van der Waals surface area (Å²) in [5.74, 6) is -0.100. The molecule has 1 aliphatic heterocycles. The summed E-state index contributed by atoms with van der Waals surface area (Å²) in [5, 5.41) is 11.3. The Morgan fingerprint density at radius 3 is 2.76 bits per heavy atom. The van der Waals surface area contributed by atoms with Crippen LogP contribution in [0.15, 0.2) is 53.6 Å². The van der Waals surface area contributed by atoms with Gasteiger partial charge in [-0.3, -0.25) is 19.0 Å². The predicted octanol–water partition coefficient (Wildman–Crippen LogP) is 2.14. The van der Waals surface area contributed by atoms with Gasteiger partial charge in [0.2, 0.25) is 0 Å². The molecule has 42 heavy (non-hydrogen) atoms. The van der Waals surface area contributed by atoms with Gasteiger partial charge in [-0.15, -0.1) is 0 Å². The molecule has 0 unspecified atom stereocenters. The fourth-order valence-electron chi connectivity index (χ4n) is 4.50. The molecule has 0 radical (unpaired) electrons. The van der Waals surface area contributed by atoms with Gasteiger partial charge in [0.05, 0.1) is 36.6 Å². The van der Waals surface area contributed by atoms with Crippen molar-refractivity contribution in [3.63, 3.8) is 0 Å². The zero-order valence-electron chi connectivity index (χ0n) is 22.9. The van der Waals surface area contributed by atoms with E-state index in [1.165, 1.54) is 4.68 Å². The number of hydrogen-bond donors (Lipinski definition) is 2. The van der Waals surface area contributed by atoms with Crippen molar-refractivity contribution < 1.29 is 23.5 Å². The van der Waals surface area contributed by atoms with Crippen molar-refractivity contribution in [2.45, 2.75) is 26.0 Å². The van der Waals surface area contributed by atoms with E-state index in [-0.39, 0.29) is 36.6 Å². The molecule has 0 aliphatic carbocycles. The maximum Gasteiger partial charge on any atom is 0.327 e. The molecule has 5 aromatic rings. The number of nitrogens with two attached hydrogens (primary N) is 1. The zero-order valence-corrected chi connectivity index (χ0v) is 22.9. The van der Waals surface area contributed by atoms with Crippen LogP contribution in [0.2, 0.25) is 0 Å². The first-order valence-corrected chi connectivity index (χ1v) is 13.2. The minimum absolute atomic E-state index is 0.0293. The Morgan fingerprint density at radius 1 is 1.14 bits per heavy atom. The largest absolute Gasteiger partial charge is 0.489 e. The molecule has 3 N–H and O–H groups in total. The first kappa shape index (κ1) is 26.7. The van der Waals surface area contributed by atoms with Crippen LogP contribution in [0.25, 0.3) is 11.1 Å². The molecule has 15 nitrogen and oxygen atoms in total. The van der Waals surface area contributed by atoms with Crippen LogP contribution < -0.4 is 20.7 Å². The Balaban J connectivity index is 1.07. The van der Waals surface area contributed by atoms with E-state index in [1.54, 1.807) is 55.7 Å². The highest BCUT2D eigenvalue weighted by Gasteiger charge is 2.33. The van der Waals surface area contributed by atoms with E-state index in [0.29, 0.717) is 53.9 Å². The summed E-state index contributed by atoms with van der Waals surface area (Å²) in [7, 11) is 1.79. The number of amides is 1. The third-order valence-corrected chi connectivity index (χ3v) is 6.60.